The molecule has 1 heterocycles. The molecule has 68 valence electrons. The van der Waals surface area contributed by atoms with Gasteiger partial charge in [-0.3, -0.25) is 4.57 Å². The number of thiol groups is 1. The van der Waals surface area contributed by atoms with Gasteiger partial charge in [0.2, 0.25) is 0 Å². The maximum atomic E-state index is 11.3. The van der Waals surface area contributed by atoms with Gasteiger partial charge in [0.25, 0.3) is 0 Å². The molecule has 0 spiro atoms. The summed E-state index contributed by atoms with van der Waals surface area (Å²) >= 11 is 4.16. The van der Waals surface area contributed by atoms with E-state index in [1.165, 1.54) is 0 Å². The van der Waals surface area contributed by atoms with Crippen LogP contribution in [0.3, 0.4) is 0 Å². The Bertz CT molecular complexity index is 498. The summed E-state index contributed by atoms with van der Waals surface area (Å²) in [7, 11) is 0. The SMILES string of the molecule is CCn1c(=O)oc2cc(S)ccc21. The van der Waals surface area contributed by atoms with E-state index in [1.54, 1.807) is 10.6 Å². The first-order valence-corrected chi connectivity index (χ1v) is 4.49. The minimum atomic E-state index is -0.309. The van der Waals surface area contributed by atoms with Crippen molar-refractivity contribution >= 4 is 23.7 Å². The van der Waals surface area contributed by atoms with Crippen LogP contribution < -0.4 is 5.76 Å². The van der Waals surface area contributed by atoms with Crippen molar-refractivity contribution in [2.45, 2.75) is 18.4 Å². The molecule has 0 aliphatic carbocycles. The van der Waals surface area contributed by atoms with Crippen molar-refractivity contribution in [1.82, 2.24) is 4.57 Å². The summed E-state index contributed by atoms with van der Waals surface area (Å²) in [6.45, 7) is 2.53. The third kappa shape index (κ3) is 1.27. The van der Waals surface area contributed by atoms with Gasteiger partial charge >= 0.3 is 5.76 Å². The Morgan fingerprint density at radius 1 is 1.54 bits per heavy atom. The molecule has 0 bridgehead atoms. The number of nitrogens with zero attached hydrogens (tertiary/aromatic N) is 1. The standard InChI is InChI=1S/C9H9NO2S/c1-2-10-7-4-3-6(13)5-8(7)12-9(10)11/h3-5,13H,2H2,1H3. The van der Waals surface area contributed by atoms with Crippen LogP contribution in [-0.4, -0.2) is 4.57 Å². The molecule has 0 fully saturated rings. The molecule has 1 aromatic carbocycles. The van der Waals surface area contributed by atoms with E-state index >= 15 is 0 Å². The van der Waals surface area contributed by atoms with Crippen LogP contribution in [0.1, 0.15) is 6.92 Å². The van der Waals surface area contributed by atoms with Crippen LogP contribution in [0, 0.1) is 0 Å². The molecular formula is C9H9NO2S. The van der Waals surface area contributed by atoms with Gasteiger partial charge < -0.3 is 4.42 Å². The van der Waals surface area contributed by atoms with E-state index in [0.717, 1.165) is 10.4 Å². The average Bonchev–Trinajstić information content (AvgIpc) is 2.39. The van der Waals surface area contributed by atoms with Crippen molar-refractivity contribution < 1.29 is 4.42 Å². The van der Waals surface area contributed by atoms with Crippen LogP contribution in [0.2, 0.25) is 0 Å². The lowest BCUT2D eigenvalue weighted by atomic mass is 10.3. The van der Waals surface area contributed by atoms with Crippen molar-refractivity contribution in [1.29, 1.82) is 0 Å². The van der Waals surface area contributed by atoms with Crippen LogP contribution in [0.15, 0.2) is 32.3 Å². The molecule has 0 aliphatic heterocycles. The molecule has 2 aromatic rings. The second-order valence-electron chi connectivity index (χ2n) is 2.76. The molecule has 2 rings (SSSR count). The maximum absolute atomic E-state index is 11.3. The Kier molecular flexibility index (Phi) is 1.92. The number of benzene rings is 1. The summed E-state index contributed by atoms with van der Waals surface area (Å²) in [4.78, 5) is 12.0. The third-order valence-corrected chi connectivity index (χ3v) is 2.25. The summed E-state index contributed by atoms with van der Waals surface area (Å²) in [5.74, 6) is -0.309. The van der Waals surface area contributed by atoms with Crippen molar-refractivity contribution in [2.24, 2.45) is 0 Å². The number of fused-ring (bicyclic) bond motifs is 1. The van der Waals surface area contributed by atoms with Crippen LogP contribution in [0.5, 0.6) is 0 Å². The Labute approximate surface area is 80.4 Å². The Balaban J connectivity index is 2.87. The second-order valence-corrected chi connectivity index (χ2v) is 3.28. The summed E-state index contributed by atoms with van der Waals surface area (Å²) in [5, 5.41) is 0. The molecule has 1 aromatic heterocycles. The van der Waals surface area contributed by atoms with Gasteiger partial charge in [0.15, 0.2) is 5.58 Å². The zero-order valence-corrected chi connectivity index (χ0v) is 8.04. The van der Waals surface area contributed by atoms with Gasteiger partial charge in [0.05, 0.1) is 5.52 Å². The Hall–Kier alpha value is -1.16. The van der Waals surface area contributed by atoms with Crippen LogP contribution in [-0.2, 0) is 6.54 Å². The first kappa shape index (κ1) is 8.44. The number of rotatable bonds is 1. The normalized spacial score (nSPS) is 10.9. The quantitative estimate of drug-likeness (QED) is 0.705. The number of hydrogen-bond donors (Lipinski definition) is 1. The van der Waals surface area contributed by atoms with Gasteiger partial charge in [0, 0.05) is 11.4 Å². The van der Waals surface area contributed by atoms with Crippen LogP contribution in [0.4, 0.5) is 0 Å². The molecule has 0 unspecified atom stereocenters. The summed E-state index contributed by atoms with van der Waals surface area (Å²) in [6.07, 6.45) is 0. The van der Waals surface area contributed by atoms with E-state index in [4.69, 9.17) is 4.42 Å². The molecule has 0 amide bonds. The topological polar surface area (TPSA) is 35.1 Å². The smallest absolute Gasteiger partial charge is 0.408 e. The fraction of sp³-hybridized carbons (Fsp3) is 0.222. The predicted molar refractivity (Wildman–Crippen MR) is 53.4 cm³/mol. The van der Waals surface area contributed by atoms with Crippen LogP contribution in [0.25, 0.3) is 11.1 Å². The zero-order valence-electron chi connectivity index (χ0n) is 7.15. The molecule has 0 radical (unpaired) electrons. The fourth-order valence-electron chi connectivity index (χ4n) is 1.35. The Morgan fingerprint density at radius 3 is 3.00 bits per heavy atom. The van der Waals surface area contributed by atoms with Crippen molar-refractivity contribution in [3.05, 3.63) is 28.7 Å². The van der Waals surface area contributed by atoms with Crippen LogP contribution >= 0.6 is 12.6 Å². The minimum Gasteiger partial charge on any atom is -0.408 e. The number of aromatic nitrogens is 1. The lowest BCUT2D eigenvalue weighted by molar-refractivity contribution is 0.513. The highest BCUT2D eigenvalue weighted by atomic mass is 32.1. The molecule has 0 saturated heterocycles. The highest BCUT2D eigenvalue weighted by molar-refractivity contribution is 7.80. The molecule has 0 aliphatic rings. The minimum absolute atomic E-state index is 0.309. The average molecular weight is 195 g/mol. The van der Waals surface area contributed by atoms with Gasteiger partial charge in [-0.25, -0.2) is 4.79 Å². The Morgan fingerprint density at radius 2 is 2.31 bits per heavy atom. The van der Waals surface area contributed by atoms with Crippen molar-refractivity contribution in [3.8, 4) is 0 Å². The molecule has 0 saturated carbocycles. The first-order valence-electron chi connectivity index (χ1n) is 4.04. The van der Waals surface area contributed by atoms with E-state index in [0.29, 0.717) is 12.1 Å². The monoisotopic (exact) mass is 195 g/mol. The maximum Gasteiger partial charge on any atom is 0.419 e. The fourth-order valence-corrected chi connectivity index (χ4v) is 1.55. The highest BCUT2D eigenvalue weighted by Gasteiger charge is 2.06. The zero-order chi connectivity index (χ0) is 9.42. The number of aryl methyl sites for hydroxylation is 1. The molecule has 4 heteroatoms. The van der Waals surface area contributed by atoms with Gasteiger partial charge in [0.1, 0.15) is 0 Å². The molecule has 13 heavy (non-hydrogen) atoms. The van der Waals surface area contributed by atoms with E-state index in [2.05, 4.69) is 12.6 Å². The molecular weight excluding hydrogens is 186 g/mol. The third-order valence-electron chi connectivity index (χ3n) is 1.97. The molecule has 0 atom stereocenters. The predicted octanol–water partition coefficient (Wildman–Crippen LogP) is 1.90. The van der Waals surface area contributed by atoms with Crippen molar-refractivity contribution in [2.75, 3.05) is 0 Å². The number of hydrogen-bond acceptors (Lipinski definition) is 3. The largest absolute Gasteiger partial charge is 0.419 e. The molecule has 0 N–H and O–H groups in total. The summed E-state index contributed by atoms with van der Waals surface area (Å²) in [6, 6.07) is 5.42. The highest BCUT2D eigenvalue weighted by Crippen LogP contribution is 2.16. The van der Waals surface area contributed by atoms with E-state index in [1.807, 2.05) is 19.1 Å². The van der Waals surface area contributed by atoms with Crippen molar-refractivity contribution in [3.63, 3.8) is 0 Å². The lowest BCUT2D eigenvalue weighted by Crippen LogP contribution is -2.11. The van der Waals surface area contributed by atoms with E-state index in [-0.39, 0.29) is 5.76 Å². The van der Waals surface area contributed by atoms with Gasteiger partial charge in [-0.05, 0) is 25.1 Å². The van der Waals surface area contributed by atoms with Gasteiger partial charge in [-0.2, -0.15) is 0 Å². The summed E-state index contributed by atoms with van der Waals surface area (Å²) in [5.41, 5.74) is 1.42. The van der Waals surface area contributed by atoms with Gasteiger partial charge in [-0.1, -0.05) is 0 Å². The van der Waals surface area contributed by atoms with Gasteiger partial charge in [-0.15, -0.1) is 12.6 Å². The second kappa shape index (κ2) is 2.96. The lowest BCUT2D eigenvalue weighted by Gasteiger charge is -1.94. The number of oxazole rings is 1. The van der Waals surface area contributed by atoms with E-state index < -0.39 is 0 Å². The first-order chi connectivity index (χ1) is 6.22. The summed E-state index contributed by atoms with van der Waals surface area (Å²) < 4.78 is 6.62. The molecule has 3 nitrogen and oxygen atoms in total. The van der Waals surface area contributed by atoms with E-state index in [9.17, 15) is 4.79 Å².